The van der Waals surface area contributed by atoms with Crippen LogP contribution >= 0.6 is 12.6 Å². The summed E-state index contributed by atoms with van der Waals surface area (Å²) < 4.78 is 1.95. The Labute approximate surface area is 188 Å². The third-order valence-electron chi connectivity index (χ3n) is 5.96. The number of carbonyl (C=O) groups is 1. The van der Waals surface area contributed by atoms with Crippen LogP contribution in [0.25, 0.3) is 11.6 Å². The van der Waals surface area contributed by atoms with Gasteiger partial charge in [0.1, 0.15) is 0 Å². The molecule has 4 rings (SSSR count). The van der Waals surface area contributed by atoms with Crippen molar-refractivity contribution >= 4 is 35.9 Å². The molecule has 1 fully saturated rings. The van der Waals surface area contributed by atoms with Crippen molar-refractivity contribution in [3.8, 4) is 0 Å². The van der Waals surface area contributed by atoms with Gasteiger partial charge in [-0.05, 0) is 48.1 Å². The van der Waals surface area contributed by atoms with Crippen molar-refractivity contribution in [2.75, 3.05) is 30.3 Å². The van der Waals surface area contributed by atoms with Crippen LogP contribution in [0, 0.1) is 0 Å². The normalized spacial score (nSPS) is 21.9. The fourth-order valence-electron chi connectivity index (χ4n) is 4.33. The summed E-state index contributed by atoms with van der Waals surface area (Å²) in [6, 6.07) is 10.4. The first-order chi connectivity index (χ1) is 15.0. The zero-order valence-electron chi connectivity index (χ0n) is 17.6. The van der Waals surface area contributed by atoms with E-state index in [1.165, 1.54) is 16.7 Å². The van der Waals surface area contributed by atoms with Crippen molar-refractivity contribution in [2.24, 2.45) is 0 Å². The molecule has 1 aliphatic carbocycles. The van der Waals surface area contributed by atoms with Crippen LogP contribution in [0.1, 0.15) is 29.5 Å². The highest BCUT2D eigenvalue weighted by Gasteiger charge is 2.29. The number of allylic oxidation sites excluding steroid dienone is 1. The fourth-order valence-corrected chi connectivity index (χ4v) is 4.45. The van der Waals surface area contributed by atoms with E-state index in [1.807, 2.05) is 27.8 Å². The van der Waals surface area contributed by atoms with E-state index in [2.05, 4.69) is 48.4 Å². The molecular weight excluding hydrogens is 410 g/mol. The van der Waals surface area contributed by atoms with Gasteiger partial charge in [0.05, 0.1) is 12.2 Å². The number of fused-ring (bicyclic) bond motifs is 1. The molecule has 1 amide bonds. The van der Waals surface area contributed by atoms with Gasteiger partial charge in [0.15, 0.2) is 12.4 Å². The number of aliphatic hydroxyl groups excluding tert-OH is 2. The molecule has 31 heavy (non-hydrogen) atoms. The molecule has 3 N–H and O–H groups in total. The first kappa shape index (κ1) is 21.9. The third-order valence-corrected chi connectivity index (χ3v) is 6.18. The Morgan fingerprint density at radius 3 is 2.61 bits per heavy atom. The SMILES string of the molecule is O=C(C[n+]1ccc2c(c1)CCC/C2=C\c1ccc(N2CC(O)C(O)C2)cc1)NCCS. The molecule has 1 aromatic carbocycles. The molecular formula is C24H30N3O3S+. The fraction of sp³-hybridized carbons (Fsp3) is 0.417. The summed E-state index contributed by atoms with van der Waals surface area (Å²) in [6.45, 7) is 1.82. The van der Waals surface area contributed by atoms with Crippen LogP contribution in [0.15, 0.2) is 42.7 Å². The molecule has 6 nitrogen and oxygen atoms in total. The highest BCUT2D eigenvalue weighted by Crippen LogP contribution is 2.32. The standard InChI is InChI=1S/C24H29N3O3S/c28-22-14-27(15-23(22)29)20-6-4-17(5-7-20)12-18-2-1-3-19-13-26(10-8-21(18)19)16-24(30)25-9-11-31/h4-8,10,12-13,22-23,28-29H,1-3,9,11,14-16H2,(H-,25,30,31)/p+1. The van der Waals surface area contributed by atoms with E-state index in [9.17, 15) is 15.0 Å². The van der Waals surface area contributed by atoms with Gasteiger partial charge >= 0.3 is 0 Å². The lowest BCUT2D eigenvalue weighted by molar-refractivity contribution is -0.684. The van der Waals surface area contributed by atoms with Gasteiger partial charge in [-0.3, -0.25) is 4.79 Å². The molecule has 2 heterocycles. The quantitative estimate of drug-likeness (QED) is 0.405. The van der Waals surface area contributed by atoms with E-state index in [4.69, 9.17) is 0 Å². The second-order valence-electron chi connectivity index (χ2n) is 8.28. The number of hydrogen-bond donors (Lipinski definition) is 4. The number of aromatic nitrogens is 1. The molecule has 0 radical (unpaired) electrons. The number of rotatable bonds is 6. The predicted molar refractivity (Wildman–Crippen MR) is 125 cm³/mol. The van der Waals surface area contributed by atoms with Gasteiger partial charge in [0.2, 0.25) is 6.54 Å². The van der Waals surface area contributed by atoms with Gasteiger partial charge < -0.3 is 20.4 Å². The zero-order valence-corrected chi connectivity index (χ0v) is 18.5. The highest BCUT2D eigenvalue weighted by molar-refractivity contribution is 7.80. The molecule has 1 aromatic heterocycles. The number of pyridine rings is 1. The number of hydrogen-bond acceptors (Lipinski definition) is 5. The lowest BCUT2D eigenvalue weighted by Crippen LogP contribution is -2.43. The number of thiol groups is 1. The average molecular weight is 441 g/mol. The smallest absolute Gasteiger partial charge is 0.286 e. The number of anilines is 1. The summed E-state index contributed by atoms with van der Waals surface area (Å²) >= 11 is 4.12. The van der Waals surface area contributed by atoms with Gasteiger partial charge in [-0.15, -0.1) is 0 Å². The number of amides is 1. The topological polar surface area (TPSA) is 76.7 Å². The van der Waals surface area contributed by atoms with E-state index in [1.54, 1.807) is 0 Å². The zero-order chi connectivity index (χ0) is 21.8. The van der Waals surface area contributed by atoms with Crippen LogP contribution < -0.4 is 14.8 Å². The van der Waals surface area contributed by atoms with Crippen LogP contribution in [-0.4, -0.2) is 53.7 Å². The lowest BCUT2D eigenvalue weighted by atomic mass is 9.87. The van der Waals surface area contributed by atoms with E-state index >= 15 is 0 Å². The lowest BCUT2D eigenvalue weighted by Gasteiger charge is -2.19. The van der Waals surface area contributed by atoms with Crippen LogP contribution in [0.3, 0.4) is 0 Å². The predicted octanol–water partition coefficient (Wildman–Crippen LogP) is 1.44. The van der Waals surface area contributed by atoms with Crippen LogP contribution in [-0.2, 0) is 17.8 Å². The van der Waals surface area contributed by atoms with Crippen molar-refractivity contribution in [2.45, 2.75) is 38.0 Å². The summed E-state index contributed by atoms with van der Waals surface area (Å²) in [5.74, 6) is 0.640. The molecule has 2 unspecified atom stereocenters. The third kappa shape index (κ3) is 5.29. The minimum Gasteiger partial charge on any atom is -0.389 e. The summed E-state index contributed by atoms with van der Waals surface area (Å²) in [5.41, 5.74) is 5.99. The monoisotopic (exact) mass is 440 g/mol. The summed E-state index contributed by atoms with van der Waals surface area (Å²) in [5, 5.41) is 22.4. The van der Waals surface area contributed by atoms with E-state index in [-0.39, 0.29) is 5.91 Å². The Morgan fingerprint density at radius 2 is 1.90 bits per heavy atom. The van der Waals surface area contributed by atoms with Gasteiger partial charge in [-0.2, -0.15) is 17.2 Å². The summed E-state index contributed by atoms with van der Waals surface area (Å²) in [4.78, 5) is 14.0. The molecule has 0 spiro atoms. The Balaban J connectivity index is 1.48. The Morgan fingerprint density at radius 1 is 1.16 bits per heavy atom. The molecule has 1 saturated heterocycles. The first-order valence-corrected chi connectivity index (χ1v) is 11.5. The number of nitrogens with one attached hydrogen (secondary N) is 1. The number of carbonyl (C=O) groups excluding carboxylic acids is 1. The van der Waals surface area contributed by atoms with Crippen molar-refractivity contribution in [1.82, 2.24) is 5.32 Å². The molecule has 2 atom stereocenters. The van der Waals surface area contributed by atoms with E-state index < -0.39 is 12.2 Å². The largest absolute Gasteiger partial charge is 0.389 e. The first-order valence-electron chi connectivity index (χ1n) is 10.8. The van der Waals surface area contributed by atoms with Crippen LogP contribution in [0.5, 0.6) is 0 Å². The molecule has 2 aliphatic rings. The second-order valence-corrected chi connectivity index (χ2v) is 8.73. The van der Waals surface area contributed by atoms with Crippen molar-refractivity contribution in [3.05, 3.63) is 59.4 Å². The molecule has 0 saturated carbocycles. The number of aliphatic hydroxyl groups is 2. The Hall–Kier alpha value is -2.35. The maximum absolute atomic E-state index is 12.0. The minimum absolute atomic E-state index is 0.00343. The van der Waals surface area contributed by atoms with E-state index in [0.717, 1.165) is 30.5 Å². The van der Waals surface area contributed by atoms with Gasteiger partial charge in [0.25, 0.3) is 5.91 Å². The maximum atomic E-state index is 12.0. The molecule has 1 aliphatic heterocycles. The second kappa shape index (κ2) is 9.85. The van der Waals surface area contributed by atoms with Crippen molar-refractivity contribution < 1.29 is 19.6 Å². The highest BCUT2D eigenvalue weighted by atomic mass is 32.1. The molecule has 2 aromatic rings. The molecule has 0 bridgehead atoms. The number of aryl methyl sites for hydroxylation is 1. The molecule has 164 valence electrons. The Kier molecular flexibility index (Phi) is 6.95. The Bertz CT molecular complexity index is 951. The maximum Gasteiger partial charge on any atom is 0.286 e. The van der Waals surface area contributed by atoms with E-state index in [0.29, 0.717) is 31.9 Å². The van der Waals surface area contributed by atoms with Gasteiger partial charge in [-0.1, -0.05) is 18.2 Å². The minimum atomic E-state index is -0.683. The van der Waals surface area contributed by atoms with Gasteiger partial charge in [-0.25, -0.2) is 0 Å². The summed E-state index contributed by atoms with van der Waals surface area (Å²) in [7, 11) is 0. The van der Waals surface area contributed by atoms with Crippen molar-refractivity contribution in [3.63, 3.8) is 0 Å². The number of β-amino-alcohol motifs (C(OH)–C–C–N with tert-alkyl or cyclic N) is 2. The molecule has 7 heteroatoms. The number of benzene rings is 1. The average Bonchev–Trinajstić information content (AvgIpc) is 3.11. The summed E-state index contributed by atoms with van der Waals surface area (Å²) in [6.07, 6.45) is 8.08. The van der Waals surface area contributed by atoms with Crippen molar-refractivity contribution in [1.29, 1.82) is 0 Å². The number of nitrogens with zero attached hydrogens (tertiary/aromatic N) is 2. The van der Waals surface area contributed by atoms with Crippen LogP contribution in [0.4, 0.5) is 5.69 Å². The van der Waals surface area contributed by atoms with Crippen LogP contribution in [0.2, 0.25) is 0 Å². The van der Waals surface area contributed by atoms with Gasteiger partial charge in [0, 0.05) is 42.7 Å².